The molecule has 22 heavy (non-hydrogen) atoms. The molecule has 0 aliphatic rings. The molecule has 0 saturated heterocycles. The van der Waals surface area contributed by atoms with Crippen LogP contribution in [0.25, 0.3) is 0 Å². The van der Waals surface area contributed by atoms with Gasteiger partial charge in [0.2, 0.25) is 0 Å². The monoisotopic (exact) mass is 325 g/mol. The first-order valence-corrected chi connectivity index (χ1v) is 7.79. The van der Waals surface area contributed by atoms with Crippen LogP contribution in [0.1, 0.15) is 21.5 Å². The average molecular weight is 325 g/mol. The fourth-order valence-electron chi connectivity index (χ4n) is 2.04. The summed E-state index contributed by atoms with van der Waals surface area (Å²) >= 11 is 0. The summed E-state index contributed by atoms with van der Waals surface area (Å²) in [5.74, 6) is -3.61. The Labute approximate surface area is 126 Å². The van der Waals surface area contributed by atoms with E-state index in [-0.39, 0.29) is 4.90 Å². The Morgan fingerprint density at radius 1 is 1.05 bits per heavy atom. The average Bonchev–Trinajstić information content (AvgIpc) is 2.37. The summed E-state index contributed by atoms with van der Waals surface area (Å²) in [6.07, 6.45) is 0. The third kappa shape index (κ3) is 3.14. The van der Waals surface area contributed by atoms with Crippen molar-refractivity contribution in [2.24, 2.45) is 0 Å². The molecule has 7 heteroatoms. The number of sulfonamides is 1. The molecule has 0 bridgehead atoms. The van der Waals surface area contributed by atoms with Gasteiger partial charge in [-0.2, -0.15) is 0 Å². The largest absolute Gasteiger partial charge is 0.270 e. The molecule has 0 aliphatic heterocycles. The Balaban J connectivity index is 2.39. The Morgan fingerprint density at radius 3 is 2.18 bits per heavy atom. The third-order valence-electron chi connectivity index (χ3n) is 3.04. The van der Waals surface area contributed by atoms with E-state index in [1.54, 1.807) is 30.7 Å². The third-order valence-corrected chi connectivity index (χ3v) is 4.53. The number of rotatable bonds is 3. The lowest BCUT2D eigenvalue weighted by atomic mass is 10.2. The van der Waals surface area contributed by atoms with Crippen molar-refractivity contribution in [3.05, 3.63) is 64.7 Å². The van der Waals surface area contributed by atoms with Crippen LogP contribution in [0.2, 0.25) is 0 Å². The van der Waals surface area contributed by atoms with Gasteiger partial charge in [0.25, 0.3) is 15.9 Å². The summed E-state index contributed by atoms with van der Waals surface area (Å²) in [5.41, 5.74) is 0.341. The molecular weight excluding hydrogens is 312 g/mol. The Morgan fingerprint density at radius 2 is 1.64 bits per heavy atom. The van der Waals surface area contributed by atoms with Gasteiger partial charge in [0.05, 0.1) is 4.90 Å². The quantitative estimate of drug-likeness (QED) is 0.944. The number of amides is 1. The van der Waals surface area contributed by atoms with Crippen LogP contribution in [0.3, 0.4) is 0 Å². The van der Waals surface area contributed by atoms with Crippen LogP contribution >= 0.6 is 0 Å². The number of aryl methyl sites for hydroxylation is 2. The van der Waals surface area contributed by atoms with Crippen LogP contribution in [-0.4, -0.2) is 14.3 Å². The smallest absolute Gasteiger partial charge is 0.268 e. The van der Waals surface area contributed by atoms with E-state index in [9.17, 15) is 22.0 Å². The summed E-state index contributed by atoms with van der Waals surface area (Å²) in [6.45, 7) is 3.35. The fraction of sp³-hybridized carbons (Fsp3) is 0.133. The predicted octanol–water partition coefficient (Wildman–Crippen LogP) is 2.70. The first-order chi connectivity index (χ1) is 10.2. The van der Waals surface area contributed by atoms with Crippen molar-refractivity contribution >= 4 is 15.9 Å². The molecule has 2 rings (SSSR count). The van der Waals surface area contributed by atoms with Crippen LogP contribution in [0, 0.1) is 25.5 Å². The van der Waals surface area contributed by atoms with E-state index in [0.717, 1.165) is 23.8 Å². The van der Waals surface area contributed by atoms with Crippen LogP contribution in [0.15, 0.2) is 41.3 Å². The van der Waals surface area contributed by atoms with Gasteiger partial charge in [0.1, 0.15) is 17.2 Å². The zero-order chi connectivity index (χ0) is 16.5. The Kier molecular flexibility index (Phi) is 4.27. The van der Waals surface area contributed by atoms with Crippen molar-refractivity contribution < 1.29 is 22.0 Å². The van der Waals surface area contributed by atoms with Gasteiger partial charge in [-0.05, 0) is 37.6 Å². The standard InChI is InChI=1S/C15H13F2NO3S/c1-9-6-7-13(10(2)8-9)22(20,21)18-15(19)14-11(16)4-3-5-12(14)17/h3-8H,1-2H3,(H,18,19). The molecule has 0 unspecified atom stereocenters. The molecule has 0 fully saturated rings. The summed E-state index contributed by atoms with van der Waals surface area (Å²) in [4.78, 5) is 11.8. The second-order valence-electron chi connectivity index (χ2n) is 4.80. The molecule has 2 aromatic carbocycles. The molecule has 4 nitrogen and oxygen atoms in total. The van der Waals surface area contributed by atoms with E-state index in [2.05, 4.69) is 0 Å². The molecule has 0 atom stereocenters. The van der Waals surface area contributed by atoms with Gasteiger partial charge in [-0.3, -0.25) is 4.79 Å². The summed E-state index contributed by atoms with van der Waals surface area (Å²) < 4.78 is 53.1. The molecular formula is C15H13F2NO3S. The highest BCUT2D eigenvalue weighted by Crippen LogP contribution is 2.18. The van der Waals surface area contributed by atoms with Gasteiger partial charge in [-0.15, -0.1) is 0 Å². The molecule has 2 aromatic rings. The molecule has 0 aromatic heterocycles. The van der Waals surface area contributed by atoms with Crippen molar-refractivity contribution in [3.8, 4) is 0 Å². The van der Waals surface area contributed by atoms with Crippen molar-refractivity contribution in [3.63, 3.8) is 0 Å². The van der Waals surface area contributed by atoms with Gasteiger partial charge in [0.15, 0.2) is 0 Å². The van der Waals surface area contributed by atoms with Crippen LogP contribution in [0.4, 0.5) is 8.78 Å². The number of carbonyl (C=O) groups excluding carboxylic acids is 1. The van der Waals surface area contributed by atoms with Gasteiger partial charge < -0.3 is 0 Å². The molecule has 1 amide bonds. The summed E-state index contributed by atoms with van der Waals surface area (Å²) in [7, 11) is -4.22. The SMILES string of the molecule is Cc1ccc(S(=O)(=O)NC(=O)c2c(F)cccc2F)c(C)c1. The van der Waals surface area contributed by atoms with Gasteiger partial charge in [-0.25, -0.2) is 21.9 Å². The van der Waals surface area contributed by atoms with Crippen LogP contribution < -0.4 is 4.72 Å². The van der Waals surface area contributed by atoms with E-state index < -0.39 is 33.1 Å². The highest BCUT2D eigenvalue weighted by atomic mass is 32.2. The van der Waals surface area contributed by atoms with Crippen LogP contribution in [0.5, 0.6) is 0 Å². The second-order valence-corrected chi connectivity index (χ2v) is 6.45. The zero-order valence-electron chi connectivity index (χ0n) is 11.9. The molecule has 0 heterocycles. The number of hydrogen-bond donors (Lipinski definition) is 1. The molecule has 0 spiro atoms. The summed E-state index contributed by atoms with van der Waals surface area (Å²) in [5, 5.41) is 0. The second kappa shape index (κ2) is 5.84. The number of benzene rings is 2. The number of nitrogens with one attached hydrogen (secondary N) is 1. The van der Waals surface area contributed by atoms with Crippen LogP contribution in [-0.2, 0) is 10.0 Å². The lowest BCUT2D eigenvalue weighted by Gasteiger charge is -2.10. The van der Waals surface area contributed by atoms with E-state index in [0.29, 0.717) is 5.56 Å². The molecule has 116 valence electrons. The highest BCUT2D eigenvalue weighted by Gasteiger charge is 2.24. The van der Waals surface area contributed by atoms with Crippen molar-refractivity contribution in [2.45, 2.75) is 18.7 Å². The lowest BCUT2D eigenvalue weighted by molar-refractivity contribution is 0.0973. The first kappa shape index (κ1) is 16.1. The molecule has 0 saturated carbocycles. The van der Waals surface area contributed by atoms with E-state index in [4.69, 9.17) is 0 Å². The van der Waals surface area contributed by atoms with Crippen molar-refractivity contribution in [2.75, 3.05) is 0 Å². The minimum absolute atomic E-state index is 0.122. The van der Waals surface area contributed by atoms with E-state index >= 15 is 0 Å². The van der Waals surface area contributed by atoms with Crippen molar-refractivity contribution in [1.29, 1.82) is 0 Å². The Bertz CT molecular complexity index is 828. The van der Waals surface area contributed by atoms with E-state index in [1.165, 1.54) is 6.07 Å². The minimum Gasteiger partial charge on any atom is -0.268 e. The fourth-order valence-corrected chi connectivity index (χ4v) is 3.23. The number of hydrogen-bond acceptors (Lipinski definition) is 3. The zero-order valence-corrected chi connectivity index (χ0v) is 12.7. The number of carbonyl (C=O) groups is 1. The predicted molar refractivity (Wildman–Crippen MR) is 76.9 cm³/mol. The molecule has 0 aliphatic carbocycles. The van der Waals surface area contributed by atoms with Crippen molar-refractivity contribution in [1.82, 2.24) is 4.72 Å². The maximum Gasteiger partial charge on any atom is 0.270 e. The topological polar surface area (TPSA) is 63.2 Å². The minimum atomic E-state index is -4.22. The molecule has 1 N–H and O–H groups in total. The maximum atomic E-state index is 13.5. The van der Waals surface area contributed by atoms with Gasteiger partial charge in [0, 0.05) is 0 Å². The lowest BCUT2D eigenvalue weighted by Crippen LogP contribution is -2.32. The highest BCUT2D eigenvalue weighted by molar-refractivity contribution is 7.90. The first-order valence-electron chi connectivity index (χ1n) is 6.31. The Hall–Kier alpha value is -2.28. The van der Waals surface area contributed by atoms with E-state index in [1.807, 2.05) is 0 Å². The normalized spacial score (nSPS) is 11.3. The van der Waals surface area contributed by atoms with Gasteiger partial charge >= 0.3 is 0 Å². The molecule has 0 radical (unpaired) electrons. The maximum absolute atomic E-state index is 13.5. The summed E-state index contributed by atoms with van der Waals surface area (Å²) in [6, 6.07) is 7.36. The number of halogens is 2. The van der Waals surface area contributed by atoms with Gasteiger partial charge in [-0.1, -0.05) is 23.8 Å².